The number of aromatic nitrogens is 4. The zero-order valence-electron chi connectivity index (χ0n) is 17.8. The van der Waals surface area contributed by atoms with Crippen molar-refractivity contribution < 1.29 is 4.74 Å². The van der Waals surface area contributed by atoms with E-state index in [1.807, 2.05) is 12.1 Å². The summed E-state index contributed by atoms with van der Waals surface area (Å²) < 4.78 is 6.90. The number of anilines is 1. The van der Waals surface area contributed by atoms with Gasteiger partial charge in [-0.1, -0.05) is 37.6 Å². The lowest BCUT2D eigenvalue weighted by molar-refractivity contribution is 0.286. The number of hydrogen-bond donors (Lipinski definition) is 2. The largest absolute Gasteiger partial charge is 0.463 e. The third-order valence-corrected chi connectivity index (χ3v) is 5.53. The van der Waals surface area contributed by atoms with Gasteiger partial charge in [-0.05, 0) is 43.5 Å². The topological polar surface area (TPSA) is 119 Å². The molecule has 0 radical (unpaired) electrons. The van der Waals surface area contributed by atoms with Gasteiger partial charge in [0.05, 0.1) is 13.2 Å². The fourth-order valence-electron chi connectivity index (χ4n) is 3.80. The molecule has 2 aromatic heterocycles. The van der Waals surface area contributed by atoms with Crippen molar-refractivity contribution in [2.24, 2.45) is 0 Å². The smallest absolute Gasteiger partial charge is 0.320 e. The van der Waals surface area contributed by atoms with E-state index in [0.29, 0.717) is 6.61 Å². The zero-order valence-corrected chi connectivity index (χ0v) is 17.8. The Hall–Kier alpha value is -3.20. The van der Waals surface area contributed by atoms with Crippen molar-refractivity contribution in [2.45, 2.75) is 45.7 Å². The number of nitrogens with one attached hydrogen (secondary N) is 1. The molecule has 0 unspecified atom stereocenters. The van der Waals surface area contributed by atoms with Crippen LogP contribution in [0.2, 0.25) is 0 Å². The second kappa shape index (κ2) is 9.30. The lowest BCUT2D eigenvalue weighted by Crippen LogP contribution is -2.37. The van der Waals surface area contributed by atoms with E-state index in [2.05, 4.69) is 38.9 Å². The predicted octanol–water partition coefficient (Wildman–Crippen LogP) is 1.88. The average molecular weight is 425 g/mol. The standard InChI is InChI=1S/C22H28N6O3/c1-2-3-12-31-22-25-18(23)17-19(26-22)28(21(30)20(29)24-17)14-16-8-6-15(7-9-16)13-27-10-4-5-11-27/h6-9H,2-5,10-14H2,1H3,(H,24,29)(H2,23,25,26). The highest BCUT2D eigenvalue weighted by Gasteiger charge is 2.16. The molecule has 0 spiro atoms. The molecule has 0 bridgehead atoms. The minimum Gasteiger partial charge on any atom is -0.463 e. The number of aromatic amines is 1. The average Bonchev–Trinajstić information content (AvgIpc) is 3.27. The van der Waals surface area contributed by atoms with Crippen LogP contribution in [0.3, 0.4) is 0 Å². The van der Waals surface area contributed by atoms with Gasteiger partial charge in [-0.2, -0.15) is 9.97 Å². The summed E-state index contributed by atoms with van der Waals surface area (Å²) in [5, 5.41) is 0. The van der Waals surface area contributed by atoms with E-state index in [9.17, 15) is 9.59 Å². The van der Waals surface area contributed by atoms with Gasteiger partial charge in [-0.15, -0.1) is 0 Å². The highest BCUT2D eigenvalue weighted by Crippen LogP contribution is 2.18. The van der Waals surface area contributed by atoms with Crippen molar-refractivity contribution in [3.8, 4) is 6.01 Å². The molecule has 9 nitrogen and oxygen atoms in total. The van der Waals surface area contributed by atoms with E-state index in [1.165, 1.54) is 23.0 Å². The van der Waals surface area contributed by atoms with Gasteiger partial charge in [0.1, 0.15) is 5.52 Å². The molecule has 1 aromatic carbocycles. The SMILES string of the molecule is CCCCOc1nc(N)c2[nH]c(=O)c(=O)n(Cc3ccc(CN4CCCC4)cc3)c2n1. The predicted molar refractivity (Wildman–Crippen MR) is 119 cm³/mol. The molecule has 3 heterocycles. The summed E-state index contributed by atoms with van der Waals surface area (Å²) in [5.41, 5.74) is 7.18. The third kappa shape index (κ3) is 4.77. The van der Waals surface area contributed by atoms with Crippen molar-refractivity contribution in [1.29, 1.82) is 0 Å². The number of rotatable bonds is 8. The molecular weight excluding hydrogens is 396 g/mol. The van der Waals surface area contributed by atoms with Crippen LogP contribution in [0.4, 0.5) is 5.82 Å². The first-order valence-electron chi connectivity index (χ1n) is 10.8. The van der Waals surface area contributed by atoms with Crippen LogP contribution in [0.5, 0.6) is 6.01 Å². The van der Waals surface area contributed by atoms with E-state index in [-0.39, 0.29) is 29.5 Å². The number of fused-ring (bicyclic) bond motifs is 1. The monoisotopic (exact) mass is 424 g/mol. The molecule has 0 amide bonds. The first-order chi connectivity index (χ1) is 15.0. The number of benzene rings is 1. The van der Waals surface area contributed by atoms with Crippen LogP contribution in [-0.2, 0) is 13.1 Å². The number of likely N-dealkylation sites (tertiary alicyclic amines) is 1. The maximum atomic E-state index is 12.6. The number of hydrogen-bond acceptors (Lipinski definition) is 7. The van der Waals surface area contributed by atoms with Gasteiger partial charge in [0.25, 0.3) is 0 Å². The first-order valence-corrected chi connectivity index (χ1v) is 10.8. The van der Waals surface area contributed by atoms with Crippen LogP contribution in [-0.4, -0.2) is 44.1 Å². The van der Waals surface area contributed by atoms with Crippen LogP contribution in [0.1, 0.15) is 43.7 Å². The Morgan fingerprint density at radius 2 is 1.74 bits per heavy atom. The quantitative estimate of drug-likeness (QED) is 0.419. The molecular formula is C22H28N6O3. The molecule has 1 aliphatic heterocycles. The number of nitrogens with zero attached hydrogens (tertiary/aromatic N) is 4. The molecule has 3 N–H and O–H groups in total. The molecule has 0 saturated carbocycles. The molecule has 31 heavy (non-hydrogen) atoms. The van der Waals surface area contributed by atoms with Gasteiger partial charge in [0.2, 0.25) is 0 Å². The van der Waals surface area contributed by atoms with E-state index >= 15 is 0 Å². The number of nitrogens with two attached hydrogens (primary N) is 1. The van der Waals surface area contributed by atoms with Gasteiger partial charge < -0.3 is 15.5 Å². The summed E-state index contributed by atoms with van der Waals surface area (Å²) in [4.78, 5) is 38.2. The molecule has 1 aliphatic rings. The van der Waals surface area contributed by atoms with E-state index in [4.69, 9.17) is 10.5 Å². The Morgan fingerprint density at radius 3 is 2.42 bits per heavy atom. The third-order valence-electron chi connectivity index (χ3n) is 5.53. The summed E-state index contributed by atoms with van der Waals surface area (Å²) in [5.74, 6) is 0.0725. The van der Waals surface area contributed by atoms with Crippen molar-refractivity contribution in [2.75, 3.05) is 25.4 Å². The Kier molecular flexibility index (Phi) is 6.31. The van der Waals surface area contributed by atoms with Crippen LogP contribution < -0.4 is 21.6 Å². The number of H-pyrrole nitrogens is 1. The van der Waals surface area contributed by atoms with Crippen LogP contribution in [0.25, 0.3) is 11.2 Å². The van der Waals surface area contributed by atoms with E-state index < -0.39 is 11.1 Å². The highest BCUT2D eigenvalue weighted by atomic mass is 16.5. The van der Waals surface area contributed by atoms with Crippen LogP contribution in [0, 0.1) is 0 Å². The van der Waals surface area contributed by atoms with Gasteiger partial charge in [-0.3, -0.25) is 19.1 Å². The normalized spacial score (nSPS) is 14.4. The number of nitrogen functional groups attached to an aromatic ring is 1. The molecule has 4 rings (SSSR count). The van der Waals surface area contributed by atoms with E-state index in [0.717, 1.165) is 38.0 Å². The van der Waals surface area contributed by atoms with Gasteiger partial charge in [-0.25, -0.2) is 0 Å². The second-order valence-electron chi connectivity index (χ2n) is 7.94. The van der Waals surface area contributed by atoms with Crippen molar-refractivity contribution in [3.05, 3.63) is 56.1 Å². The van der Waals surface area contributed by atoms with Crippen molar-refractivity contribution >= 4 is 17.0 Å². The first kappa shape index (κ1) is 21.0. The Bertz CT molecular complexity index is 1160. The molecule has 0 atom stereocenters. The molecule has 3 aromatic rings. The molecule has 1 fully saturated rings. The van der Waals surface area contributed by atoms with Gasteiger partial charge in [0, 0.05) is 6.54 Å². The second-order valence-corrected chi connectivity index (χ2v) is 7.94. The minimum atomic E-state index is -0.756. The number of ether oxygens (including phenoxy) is 1. The fraction of sp³-hybridized carbons (Fsp3) is 0.455. The Morgan fingerprint density at radius 1 is 1.06 bits per heavy atom. The maximum absolute atomic E-state index is 12.6. The van der Waals surface area contributed by atoms with Gasteiger partial charge in [0.15, 0.2) is 11.5 Å². The Labute approximate surface area is 179 Å². The summed E-state index contributed by atoms with van der Waals surface area (Å²) in [6.07, 6.45) is 4.33. The summed E-state index contributed by atoms with van der Waals surface area (Å²) in [7, 11) is 0. The minimum absolute atomic E-state index is 0.0725. The zero-order chi connectivity index (χ0) is 21.8. The summed E-state index contributed by atoms with van der Waals surface area (Å²) in [6.45, 7) is 5.91. The van der Waals surface area contributed by atoms with Crippen LogP contribution in [0.15, 0.2) is 33.9 Å². The van der Waals surface area contributed by atoms with E-state index in [1.54, 1.807) is 0 Å². The number of unbranched alkanes of at least 4 members (excludes halogenated alkanes) is 1. The van der Waals surface area contributed by atoms with Crippen molar-refractivity contribution in [1.82, 2.24) is 24.4 Å². The highest BCUT2D eigenvalue weighted by molar-refractivity contribution is 5.81. The molecule has 9 heteroatoms. The van der Waals surface area contributed by atoms with Gasteiger partial charge >= 0.3 is 17.1 Å². The maximum Gasteiger partial charge on any atom is 0.320 e. The van der Waals surface area contributed by atoms with Crippen molar-refractivity contribution in [3.63, 3.8) is 0 Å². The summed E-state index contributed by atoms with van der Waals surface area (Å²) >= 11 is 0. The lowest BCUT2D eigenvalue weighted by Gasteiger charge is -2.15. The molecule has 0 aliphatic carbocycles. The summed E-state index contributed by atoms with van der Waals surface area (Å²) in [6, 6.07) is 8.19. The lowest BCUT2D eigenvalue weighted by atomic mass is 10.1. The Balaban J connectivity index is 1.64. The van der Waals surface area contributed by atoms with Crippen LogP contribution >= 0.6 is 0 Å². The molecule has 164 valence electrons. The fourth-order valence-corrected chi connectivity index (χ4v) is 3.80. The molecule has 1 saturated heterocycles.